The van der Waals surface area contributed by atoms with Crippen molar-refractivity contribution in [2.24, 2.45) is 0 Å². The Hall–Kier alpha value is -2.67. The van der Waals surface area contributed by atoms with Crippen molar-refractivity contribution < 1.29 is 23.5 Å². The van der Waals surface area contributed by atoms with E-state index >= 15 is 0 Å². The molecule has 0 fully saturated rings. The second-order valence-electron chi connectivity index (χ2n) is 5.13. The third-order valence-corrected chi connectivity index (χ3v) is 3.44. The van der Waals surface area contributed by atoms with Gasteiger partial charge in [0, 0.05) is 6.20 Å². The lowest BCUT2D eigenvalue weighted by Gasteiger charge is -2.13. The number of rotatable bonds is 6. The Balaban J connectivity index is 1.89. The van der Waals surface area contributed by atoms with Crippen LogP contribution < -0.4 is 10.1 Å². The maximum Gasteiger partial charge on any atom is 0.311 e. The molecule has 0 saturated carbocycles. The number of pyridine rings is 1. The molecule has 0 saturated heterocycles. The van der Waals surface area contributed by atoms with Gasteiger partial charge in [-0.05, 0) is 36.8 Å². The van der Waals surface area contributed by atoms with Crippen molar-refractivity contribution in [3.05, 3.63) is 52.9 Å². The molecule has 6 nitrogen and oxygen atoms in total. The number of hydrogen-bond acceptors (Lipinski definition) is 5. The van der Waals surface area contributed by atoms with Crippen LogP contribution in [0.4, 0.5) is 10.2 Å². The topological polar surface area (TPSA) is 77.5 Å². The summed E-state index contributed by atoms with van der Waals surface area (Å²) in [6.07, 6.45) is 0.178. The lowest BCUT2D eigenvalue weighted by atomic mass is 10.1. The second-order valence-corrected chi connectivity index (χ2v) is 5.57. The Bertz CT molecular complexity index is 768. The number of aromatic nitrogens is 1. The predicted octanol–water partition coefficient (Wildman–Crippen LogP) is 3.00. The first kappa shape index (κ1) is 18.7. The van der Waals surface area contributed by atoms with E-state index in [1.807, 2.05) is 0 Å². The van der Waals surface area contributed by atoms with Gasteiger partial charge in [-0.1, -0.05) is 17.7 Å². The van der Waals surface area contributed by atoms with Crippen LogP contribution in [0.1, 0.15) is 12.5 Å². The van der Waals surface area contributed by atoms with Crippen LogP contribution >= 0.6 is 11.6 Å². The van der Waals surface area contributed by atoms with E-state index in [2.05, 4.69) is 10.3 Å². The lowest BCUT2D eigenvalue weighted by Crippen LogP contribution is -2.30. The number of halogens is 2. The summed E-state index contributed by atoms with van der Waals surface area (Å²) in [7, 11) is 1.35. The summed E-state index contributed by atoms with van der Waals surface area (Å²) in [6.45, 7) is 1.43. The molecule has 2 aromatic rings. The van der Waals surface area contributed by atoms with Crippen LogP contribution in [0.3, 0.4) is 0 Å². The molecular weight excluding hydrogens is 351 g/mol. The summed E-state index contributed by atoms with van der Waals surface area (Å²) in [4.78, 5) is 27.8. The largest absolute Gasteiger partial charge is 0.494 e. The average Bonchev–Trinajstić information content (AvgIpc) is 2.57. The van der Waals surface area contributed by atoms with Crippen molar-refractivity contribution in [1.82, 2.24) is 4.98 Å². The van der Waals surface area contributed by atoms with Crippen LogP contribution in [0.25, 0.3) is 0 Å². The highest BCUT2D eigenvalue weighted by molar-refractivity contribution is 6.30. The highest BCUT2D eigenvalue weighted by Gasteiger charge is 2.19. The molecular formula is C17H16ClFN2O4. The fourth-order valence-electron chi connectivity index (χ4n) is 1.96. The number of esters is 1. The molecule has 1 heterocycles. The zero-order valence-corrected chi connectivity index (χ0v) is 14.3. The van der Waals surface area contributed by atoms with Crippen LogP contribution in [0.15, 0.2) is 36.5 Å². The summed E-state index contributed by atoms with van der Waals surface area (Å²) in [5.41, 5.74) is 0.412. The molecule has 132 valence electrons. The van der Waals surface area contributed by atoms with Gasteiger partial charge in [0.2, 0.25) is 0 Å². The molecule has 0 radical (unpaired) electrons. The minimum atomic E-state index is -1.03. The maximum atomic E-state index is 13.6. The fourth-order valence-corrected chi connectivity index (χ4v) is 2.07. The first-order chi connectivity index (χ1) is 11.9. The van der Waals surface area contributed by atoms with Crippen molar-refractivity contribution in [2.75, 3.05) is 12.4 Å². The lowest BCUT2D eigenvalue weighted by molar-refractivity contribution is -0.152. The van der Waals surface area contributed by atoms with Crippen LogP contribution in [0.5, 0.6) is 5.75 Å². The van der Waals surface area contributed by atoms with E-state index in [1.54, 1.807) is 12.1 Å². The van der Waals surface area contributed by atoms with Gasteiger partial charge < -0.3 is 14.8 Å². The van der Waals surface area contributed by atoms with Crippen molar-refractivity contribution in [3.63, 3.8) is 0 Å². The highest BCUT2D eigenvalue weighted by atomic mass is 35.5. The van der Waals surface area contributed by atoms with E-state index in [9.17, 15) is 14.0 Å². The number of methoxy groups -OCH3 is 1. The van der Waals surface area contributed by atoms with Gasteiger partial charge in [0.1, 0.15) is 5.82 Å². The number of carbonyl (C=O) groups is 2. The first-order valence-electron chi connectivity index (χ1n) is 7.33. The number of amides is 1. The van der Waals surface area contributed by atoms with Gasteiger partial charge in [0.15, 0.2) is 17.7 Å². The number of carbonyl (C=O) groups excluding carboxylic acids is 2. The van der Waals surface area contributed by atoms with E-state index in [0.717, 1.165) is 0 Å². The second kappa shape index (κ2) is 8.43. The standard InChI is InChI=1S/C17H16ClFN2O4/c1-10(17(23)21-15-6-4-12(18)9-20-15)25-16(22)8-11-3-5-14(24-2)13(19)7-11/h3-7,9-10H,8H2,1-2H3,(H,20,21,23)/t10-/m0/s1. The highest BCUT2D eigenvalue weighted by Crippen LogP contribution is 2.18. The quantitative estimate of drug-likeness (QED) is 0.795. The van der Waals surface area contributed by atoms with Crippen LogP contribution in [-0.4, -0.2) is 30.1 Å². The molecule has 1 N–H and O–H groups in total. The molecule has 0 aliphatic heterocycles. The predicted molar refractivity (Wildman–Crippen MR) is 90.1 cm³/mol. The monoisotopic (exact) mass is 366 g/mol. The van der Waals surface area contributed by atoms with Gasteiger partial charge in [-0.25, -0.2) is 9.37 Å². The zero-order valence-electron chi connectivity index (χ0n) is 13.6. The fraction of sp³-hybridized carbons (Fsp3) is 0.235. The molecule has 1 amide bonds. The van der Waals surface area contributed by atoms with Gasteiger partial charge >= 0.3 is 5.97 Å². The van der Waals surface area contributed by atoms with Gasteiger partial charge in [0.05, 0.1) is 18.6 Å². The normalized spacial score (nSPS) is 11.5. The van der Waals surface area contributed by atoms with E-state index in [4.69, 9.17) is 21.1 Å². The Labute approximate surface area is 148 Å². The summed E-state index contributed by atoms with van der Waals surface area (Å²) < 4.78 is 23.5. The Morgan fingerprint density at radius 1 is 1.32 bits per heavy atom. The van der Waals surface area contributed by atoms with E-state index in [-0.39, 0.29) is 18.0 Å². The molecule has 1 aromatic heterocycles. The number of ether oxygens (including phenoxy) is 2. The molecule has 0 aliphatic rings. The zero-order chi connectivity index (χ0) is 18.4. The minimum absolute atomic E-state index is 0.0836. The van der Waals surface area contributed by atoms with Gasteiger partial charge in [-0.15, -0.1) is 0 Å². The molecule has 2 rings (SSSR count). The summed E-state index contributed by atoms with van der Waals surface area (Å²) in [5.74, 6) is -1.40. The average molecular weight is 367 g/mol. The molecule has 1 aromatic carbocycles. The summed E-state index contributed by atoms with van der Waals surface area (Å²) in [6, 6.07) is 7.24. The third kappa shape index (κ3) is 5.42. The Morgan fingerprint density at radius 3 is 2.68 bits per heavy atom. The molecule has 8 heteroatoms. The van der Waals surface area contributed by atoms with Gasteiger partial charge in [-0.2, -0.15) is 0 Å². The number of benzene rings is 1. The van der Waals surface area contributed by atoms with Gasteiger partial charge in [0.25, 0.3) is 5.91 Å². The Morgan fingerprint density at radius 2 is 2.08 bits per heavy atom. The molecule has 1 atom stereocenters. The van der Waals surface area contributed by atoms with Crippen molar-refractivity contribution in [3.8, 4) is 5.75 Å². The number of nitrogens with zero attached hydrogens (tertiary/aromatic N) is 1. The first-order valence-corrected chi connectivity index (χ1v) is 7.71. The van der Waals surface area contributed by atoms with Crippen LogP contribution in [0, 0.1) is 5.82 Å². The number of nitrogens with one attached hydrogen (secondary N) is 1. The van der Waals surface area contributed by atoms with E-state index < -0.39 is 23.8 Å². The molecule has 0 aliphatic carbocycles. The minimum Gasteiger partial charge on any atom is -0.494 e. The summed E-state index contributed by atoms with van der Waals surface area (Å²) in [5, 5.41) is 2.93. The maximum absolute atomic E-state index is 13.6. The van der Waals surface area contributed by atoms with E-state index in [0.29, 0.717) is 10.6 Å². The van der Waals surface area contributed by atoms with Crippen LogP contribution in [-0.2, 0) is 20.7 Å². The van der Waals surface area contributed by atoms with Crippen molar-refractivity contribution in [2.45, 2.75) is 19.4 Å². The number of anilines is 1. The van der Waals surface area contributed by atoms with Crippen molar-refractivity contribution >= 4 is 29.3 Å². The molecule has 0 bridgehead atoms. The molecule has 0 unspecified atom stereocenters. The SMILES string of the molecule is COc1ccc(CC(=O)O[C@@H](C)C(=O)Nc2ccc(Cl)cn2)cc1F. The van der Waals surface area contributed by atoms with Crippen molar-refractivity contribution in [1.29, 1.82) is 0 Å². The summed E-state index contributed by atoms with van der Waals surface area (Å²) >= 11 is 5.71. The molecule has 25 heavy (non-hydrogen) atoms. The molecule has 0 spiro atoms. The number of hydrogen-bond donors (Lipinski definition) is 1. The van der Waals surface area contributed by atoms with E-state index in [1.165, 1.54) is 38.4 Å². The van der Waals surface area contributed by atoms with Crippen LogP contribution in [0.2, 0.25) is 5.02 Å². The van der Waals surface area contributed by atoms with Gasteiger partial charge in [-0.3, -0.25) is 9.59 Å². The Kier molecular flexibility index (Phi) is 6.30. The smallest absolute Gasteiger partial charge is 0.311 e. The third-order valence-electron chi connectivity index (χ3n) is 3.22.